The lowest BCUT2D eigenvalue weighted by atomic mass is 10.1. The lowest BCUT2D eigenvalue weighted by molar-refractivity contribution is -0.173. The average Bonchev–Trinajstić information content (AvgIpc) is 3.04. The van der Waals surface area contributed by atoms with Crippen molar-refractivity contribution >= 4 is 35.0 Å². The number of hydrogen-bond donors (Lipinski definition) is 0. The monoisotopic (exact) mass is 320 g/mol. The molecule has 0 spiro atoms. The minimum atomic E-state index is -0.690. The number of allylic oxidation sites excluding steroid dienone is 1. The number of aromatic nitrogens is 2. The number of ether oxygens (including phenoxy) is 2. The van der Waals surface area contributed by atoms with Gasteiger partial charge in [0.1, 0.15) is 4.21 Å². The van der Waals surface area contributed by atoms with E-state index in [1.54, 1.807) is 12.5 Å². The van der Waals surface area contributed by atoms with E-state index in [4.69, 9.17) is 32.7 Å². The first-order valence-corrected chi connectivity index (χ1v) is 7.68. The minimum absolute atomic E-state index is 0.484. The molecule has 1 aromatic heterocycles. The summed E-state index contributed by atoms with van der Waals surface area (Å²) < 4.78 is 13.1. The van der Waals surface area contributed by atoms with E-state index in [-0.39, 0.29) is 0 Å². The summed E-state index contributed by atoms with van der Waals surface area (Å²) in [6, 6.07) is 0. The van der Waals surface area contributed by atoms with E-state index in [1.165, 1.54) is 11.8 Å². The first kappa shape index (κ1) is 13.8. The molecule has 0 N–H and O–H groups in total. The number of alkyl halides is 1. The van der Waals surface area contributed by atoms with Crippen LogP contribution in [0.2, 0.25) is 0 Å². The fourth-order valence-electron chi connectivity index (χ4n) is 2.42. The Morgan fingerprint density at radius 2 is 2.21 bits per heavy atom. The van der Waals surface area contributed by atoms with Crippen LogP contribution in [-0.2, 0) is 16.0 Å². The molecule has 0 bridgehead atoms. The Hall–Kier alpha value is -0.200. The van der Waals surface area contributed by atoms with E-state index in [2.05, 4.69) is 4.98 Å². The average molecular weight is 321 g/mol. The minimum Gasteiger partial charge on any atom is -0.346 e. The maximum absolute atomic E-state index is 6.62. The van der Waals surface area contributed by atoms with Gasteiger partial charge in [0, 0.05) is 30.3 Å². The first-order valence-electron chi connectivity index (χ1n) is 6.04. The van der Waals surface area contributed by atoms with E-state index >= 15 is 0 Å². The van der Waals surface area contributed by atoms with E-state index in [1.807, 2.05) is 16.2 Å². The largest absolute Gasteiger partial charge is 0.346 e. The van der Waals surface area contributed by atoms with Crippen LogP contribution in [0.15, 0.2) is 29.2 Å². The number of rotatable bonds is 4. The lowest BCUT2D eigenvalue weighted by Gasteiger charge is -2.33. The molecule has 3 heterocycles. The van der Waals surface area contributed by atoms with E-state index in [0.29, 0.717) is 32.6 Å². The number of imidazole rings is 1. The normalized spacial score (nSPS) is 29.7. The summed E-state index contributed by atoms with van der Waals surface area (Å²) in [5.74, 6) is -0.690. The van der Waals surface area contributed by atoms with Gasteiger partial charge < -0.3 is 14.0 Å². The maximum Gasteiger partial charge on any atom is 0.188 e. The summed E-state index contributed by atoms with van der Waals surface area (Å²) in [5.41, 5.74) is 0. The fourth-order valence-corrected chi connectivity index (χ4v) is 4.37. The molecule has 7 heteroatoms. The second-order valence-corrected chi connectivity index (χ2v) is 7.45. The Balaban J connectivity index is 1.74. The summed E-state index contributed by atoms with van der Waals surface area (Å²) in [6.45, 7) is 1.76. The van der Waals surface area contributed by atoms with Gasteiger partial charge in [-0.15, -0.1) is 23.4 Å². The lowest BCUT2D eigenvalue weighted by Crippen LogP contribution is -2.40. The Bertz CT molecular complexity index is 474. The third-order valence-corrected chi connectivity index (χ3v) is 5.18. The third kappa shape index (κ3) is 3.11. The van der Waals surface area contributed by atoms with Crippen LogP contribution in [0.4, 0.5) is 0 Å². The molecule has 1 fully saturated rings. The SMILES string of the molecule is ClC1=CSC(Cl)(CC2(Cn3ccnc3)OCCO2)C1. The smallest absolute Gasteiger partial charge is 0.188 e. The van der Waals surface area contributed by atoms with Gasteiger partial charge in [0.25, 0.3) is 0 Å². The summed E-state index contributed by atoms with van der Waals surface area (Å²) in [4.78, 5) is 4.04. The van der Waals surface area contributed by atoms with Gasteiger partial charge in [0.05, 0.1) is 26.1 Å². The Morgan fingerprint density at radius 3 is 2.79 bits per heavy atom. The topological polar surface area (TPSA) is 36.3 Å². The van der Waals surface area contributed by atoms with Crippen molar-refractivity contribution in [2.24, 2.45) is 0 Å². The number of nitrogens with zero attached hydrogens (tertiary/aromatic N) is 2. The highest BCUT2D eigenvalue weighted by Gasteiger charge is 2.47. The van der Waals surface area contributed by atoms with Crippen molar-refractivity contribution in [1.82, 2.24) is 9.55 Å². The van der Waals surface area contributed by atoms with Gasteiger partial charge in [-0.25, -0.2) is 4.98 Å². The van der Waals surface area contributed by atoms with Gasteiger partial charge in [0.15, 0.2) is 5.79 Å². The number of thioether (sulfide) groups is 1. The van der Waals surface area contributed by atoms with Crippen molar-refractivity contribution in [3.63, 3.8) is 0 Å². The molecule has 0 saturated carbocycles. The van der Waals surface area contributed by atoms with Gasteiger partial charge in [-0.05, 0) is 5.41 Å². The molecule has 2 aliphatic heterocycles. The van der Waals surface area contributed by atoms with Crippen LogP contribution in [-0.4, -0.2) is 32.8 Å². The molecular weight excluding hydrogens is 307 g/mol. The zero-order valence-electron chi connectivity index (χ0n) is 10.2. The Kier molecular flexibility index (Phi) is 3.84. The van der Waals surface area contributed by atoms with Crippen LogP contribution in [0.25, 0.3) is 0 Å². The van der Waals surface area contributed by atoms with Crippen LogP contribution < -0.4 is 0 Å². The van der Waals surface area contributed by atoms with Crippen LogP contribution in [0.1, 0.15) is 12.8 Å². The molecule has 0 aliphatic carbocycles. The number of halogens is 2. The molecule has 1 saturated heterocycles. The van der Waals surface area contributed by atoms with Crippen molar-refractivity contribution in [1.29, 1.82) is 0 Å². The third-order valence-electron chi connectivity index (χ3n) is 3.16. The summed E-state index contributed by atoms with van der Waals surface area (Å²) >= 11 is 14.2. The van der Waals surface area contributed by atoms with E-state index in [0.717, 1.165) is 5.03 Å². The molecule has 0 amide bonds. The molecule has 1 unspecified atom stereocenters. The molecule has 0 radical (unpaired) electrons. The highest BCUT2D eigenvalue weighted by molar-refractivity contribution is 8.05. The molecule has 0 aromatic carbocycles. The Labute approximate surface area is 126 Å². The highest BCUT2D eigenvalue weighted by Crippen LogP contribution is 2.51. The van der Waals surface area contributed by atoms with Gasteiger partial charge in [-0.2, -0.15) is 0 Å². The Morgan fingerprint density at radius 1 is 1.42 bits per heavy atom. The summed E-state index contributed by atoms with van der Waals surface area (Å²) in [5, 5.41) is 2.69. The van der Waals surface area contributed by atoms with Crippen molar-refractivity contribution in [2.45, 2.75) is 29.4 Å². The van der Waals surface area contributed by atoms with Gasteiger partial charge in [-0.3, -0.25) is 0 Å². The van der Waals surface area contributed by atoms with Crippen molar-refractivity contribution in [3.8, 4) is 0 Å². The van der Waals surface area contributed by atoms with E-state index < -0.39 is 9.99 Å². The van der Waals surface area contributed by atoms with E-state index in [9.17, 15) is 0 Å². The maximum atomic E-state index is 6.62. The summed E-state index contributed by atoms with van der Waals surface area (Å²) in [6.07, 6.45) is 6.60. The molecule has 104 valence electrons. The van der Waals surface area contributed by atoms with Crippen LogP contribution >= 0.6 is 35.0 Å². The zero-order chi connectivity index (χ0) is 13.3. The van der Waals surface area contributed by atoms with Crippen LogP contribution in [0.5, 0.6) is 0 Å². The van der Waals surface area contributed by atoms with Gasteiger partial charge in [-0.1, -0.05) is 11.6 Å². The molecule has 1 aromatic rings. The highest BCUT2D eigenvalue weighted by atomic mass is 35.5. The van der Waals surface area contributed by atoms with Gasteiger partial charge >= 0.3 is 0 Å². The molecule has 19 heavy (non-hydrogen) atoms. The predicted octanol–water partition coefficient (Wildman–Crippen LogP) is 3.17. The zero-order valence-corrected chi connectivity index (χ0v) is 12.5. The molecule has 4 nitrogen and oxygen atoms in total. The molecular formula is C12H14Cl2N2O2S. The second kappa shape index (κ2) is 5.30. The predicted molar refractivity (Wildman–Crippen MR) is 76.2 cm³/mol. The standard InChI is InChI=1S/C12H14Cl2N2O2S/c13-10-5-11(14,19-6-10)7-12(17-3-4-18-12)8-16-2-1-15-9-16/h1-2,6,9H,3-5,7-8H2. The van der Waals surface area contributed by atoms with Crippen LogP contribution in [0, 0.1) is 0 Å². The number of hydrogen-bond acceptors (Lipinski definition) is 4. The fraction of sp³-hybridized carbons (Fsp3) is 0.583. The van der Waals surface area contributed by atoms with Crippen LogP contribution in [0.3, 0.4) is 0 Å². The molecule has 1 atom stereocenters. The van der Waals surface area contributed by atoms with Crippen molar-refractivity contribution in [3.05, 3.63) is 29.2 Å². The quantitative estimate of drug-likeness (QED) is 0.798. The molecule has 3 rings (SSSR count). The second-order valence-electron chi connectivity index (χ2n) is 4.76. The first-order chi connectivity index (χ1) is 9.09. The summed E-state index contributed by atoms with van der Waals surface area (Å²) in [7, 11) is 0. The van der Waals surface area contributed by atoms with Crippen molar-refractivity contribution < 1.29 is 9.47 Å². The van der Waals surface area contributed by atoms with Crippen molar-refractivity contribution in [2.75, 3.05) is 13.2 Å². The molecule has 2 aliphatic rings. The van der Waals surface area contributed by atoms with Gasteiger partial charge in [0.2, 0.25) is 0 Å².